The quantitative estimate of drug-likeness (QED) is 0.252. The number of hydrogen-bond acceptors (Lipinski definition) is 7. The number of benzene rings is 2. The van der Waals surface area contributed by atoms with E-state index in [2.05, 4.69) is 31.5 Å². The minimum atomic E-state index is -1.91. The molecule has 2 aromatic carbocycles. The first kappa shape index (κ1) is 30.5. The van der Waals surface area contributed by atoms with E-state index in [1.807, 2.05) is 36.4 Å². The molecule has 0 spiro atoms. The first-order chi connectivity index (χ1) is 19.6. The lowest BCUT2D eigenvalue weighted by Crippen LogP contribution is -2.71. The van der Waals surface area contributed by atoms with Gasteiger partial charge in [0.2, 0.25) is 0 Å². The Bertz CT molecular complexity index is 1210. The molecule has 0 saturated carbocycles. The maximum absolute atomic E-state index is 14.4. The zero-order valence-electron chi connectivity index (χ0n) is 24.2. The van der Waals surface area contributed by atoms with Gasteiger partial charge in [0.05, 0.1) is 18.6 Å². The highest BCUT2D eigenvalue weighted by atomic mass is 28.3. The molecule has 8 nitrogen and oxygen atoms in total. The Morgan fingerprint density at radius 3 is 2.22 bits per heavy atom. The highest BCUT2D eigenvalue weighted by molar-refractivity contribution is 6.76. The molecule has 0 aromatic heterocycles. The number of carbonyl (C=O) groups excluding carboxylic acids is 3. The molecule has 4 unspecified atom stereocenters. The molecule has 2 aliphatic heterocycles. The summed E-state index contributed by atoms with van der Waals surface area (Å²) in [5.74, 6) is -2.77. The van der Waals surface area contributed by atoms with Crippen molar-refractivity contribution in [1.82, 2.24) is 10.2 Å². The zero-order chi connectivity index (χ0) is 29.6. The lowest BCUT2D eigenvalue weighted by Gasteiger charge is -2.56. The number of carbonyl (C=O) groups is 3. The van der Waals surface area contributed by atoms with Gasteiger partial charge in [-0.2, -0.15) is 0 Å². The van der Waals surface area contributed by atoms with E-state index in [4.69, 9.17) is 9.47 Å². The van der Waals surface area contributed by atoms with Crippen molar-refractivity contribution in [3.05, 3.63) is 84.4 Å². The van der Waals surface area contributed by atoms with Crippen LogP contribution in [-0.4, -0.2) is 56.2 Å². The van der Waals surface area contributed by atoms with Gasteiger partial charge in [-0.05, 0) is 49.0 Å². The van der Waals surface area contributed by atoms with E-state index in [0.29, 0.717) is 37.1 Å². The number of piperidine rings is 1. The first-order valence-corrected chi connectivity index (χ1v) is 18.1. The van der Waals surface area contributed by atoms with Crippen LogP contribution in [0.2, 0.25) is 25.7 Å². The summed E-state index contributed by atoms with van der Waals surface area (Å²) in [6.45, 7) is 11.9. The van der Waals surface area contributed by atoms with Gasteiger partial charge in [0.1, 0.15) is 6.09 Å². The van der Waals surface area contributed by atoms with Crippen LogP contribution in [0.4, 0.5) is 4.79 Å². The number of amides is 1. The van der Waals surface area contributed by atoms with Crippen molar-refractivity contribution in [2.75, 3.05) is 19.7 Å². The average Bonchev–Trinajstić information content (AvgIpc) is 2.95. The zero-order valence-corrected chi connectivity index (χ0v) is 25.2. The van der Waals surface area contributed by atoms with Crippen LogP contribution >= 0.6 is 0 Å². The number of hydrogen-bond donors (Lipinski definition) is 1. The monoisotopic (exact) mass is 577 g/mol. The topological polar surface area (TPSA) is 108 Å². The maximum atomic E-state index is 14.4. The van der Waals surface area contributed by atoms with Crippen molar-refractivity contribution in [3.63, 3.8) is 0 Å². The predicted octanol–water partition coefficient (Wildman–Crippen LogP) is 4.48. The lowest BCUT2D eigenvalue weighted by molar-refractivity contribution is -0.287. The Morgan fingerprint density at radius 2 is 1.68 bits per heavy atom. The van der Waals surface area contributed by atoms with Crippen LogP contribution in [0, 0.1) is 11.8 Å². The van der Waals surface area contributed by atoms with E-state index in [1.165, 1.54) is 6.08 Å². The molecule has 0 aliphatic carbocycles. The number of carboxylic acid groups (broad SMARTS) is 1. The molecule has 2 saturated heterocycles. The van der Waals surface area contributed by atoms with E-state index in [9.17, 15) is 19.5 Å². The maximum Gasteiger partial charge on any atom is 0.333 e. The Balaban J connectivity index is 1.90. The molecule has 1 N–H and O–H groups in total. The van der Waals surface area contributed by atoms with E-state index in [0.717, 1.165) is 10.9 Å². The number of esters is 2. The van der Waals surface area contributed by atoms with Crippen molar-refractivity contribution >= 4 is 26.1 Å². The molecule has 2 aliphatic rings. The fourth-order valence-corrected chi connectivity index (χ4v) is 6.93. The number of morpholine rings is 1. The highest BCUT2D eigenvalue weighted by Gasteiger charge is 2.63. The van der Waals surface area contributed by atoms with Crippen molar-refractivity contribution in [3.8, 4) is 0 Å². The van der Waals surface area contributed by atoms with Crippen LogP contribution in [0.15, 0.2) is 73.3 Å². The van der Waals surface area contributed by atoms with Gasteiger partial charge in [-0.15, -0.1) is 6.58 Å². The van der Waals surface area contributed by atoms with E-state index in [-0.39, 0.29) is 18.9 Å². The smallest absolute Gasteiger partial charge is 0.333 e. The number of cyclic esters (lactones) is 1. The lowest BCUT2D eigenvalue weighted by atomic mass is 9.67. The summed E-state index contributed by atoms with van der Waals surface area (Å²) in [4.78, 5) is 42.9. The third-order valence-electron chi connectivity index (χ3n) is 8.22. The first-order valence-electron chi connectivity index (χ1n) is 14.4. The Hall–Kier alpha value is -3.43. The molecular formula is C32H41N2O6Si-. The molecule has 1 amide bonds. The van der Waals surface area contributed by atoms with Crippen LogP contribution in [0.1, 0.15) is 42.5 Å². The van der Waals surface area contributed by atoms with Gasteiger partial charge in [-0.25, -0.2) is 4.79 Å². The van der Waals surface area contributed by atoms with E-state index in [1.54, 1.807) is 24.3 Å². The van der Waals surface area contributed by atoms with Crippen LogP contribution in [0.3, 0.4) is 0 Å². The van der Waals surface area contributed by atoms with Crippen LogP contribution < -0.4 is 10.4 Å². The molecule has 4 rings (SSSR count). The predicted molar refractivity (Wildman–Crippen MR) is 157 cm³/mol. The van der Waals surface area contributed by atoms with Gasteiger partial charge >= 0.3 is 11.9 Å². The number of nitrogens with zero attached hydrogens (tertiary/aromatic N) is 1. The number of nitrogens with one attached hydrogen (secondary N) is 1. The van der Waals surface area contributed by atoms with Crippen molar-refractivity contribution in [2.24, 2.45) is 11.8 Å². The van der Waals surface area contributed by atoms with E-state index >= 15 is 0 Å². The van der Waals surface area contributed by atoms with Gasteiger partial charge in [-0.1, -0.05) is 86.4 Å². The Labute approximate surface area is 243 Å². The summed E-state index contributed by atoms with van der Waals surface area (Å²) in [7, 11) is -1.53. The fraction of sp³-hybridized carbons (Fsp3) is 0.469. The molecule has 41 heavy (non-hydrogen) atoms. The summed E-state index contributed by atoms with van der Waals surface area (Å²) in [6, 6.07) is 17.9. The molecule has 2 fully saturated rings. The molecule has 2 aromatic rings. The van der Waals surface area contributed by atoms with E-state index < -0.39 is 49.7 Å². The molecule has 0 radical (unpaired) electrons. The van der Waals surface area contributed by atoms with Crippen LogP contribution in [0.5, 0.6) is 0 Å². The second-order valence-corrected chi connectivity index (χ2v) is 17.8. The number of ether oxygens (including phenoxy) is 2. The minimum absolute atomic E-state index is 0.123. The average molecular weight is 578 g/mol. The summed E-state index contributed by atoms with van der Waals surface area (Å²) >= 11 is 0. The molecule has 2 heterocycles. The molecule has 220 valence electrons. The summed E-state index contributed by atoms with van der Waals surface area (Å²) < 4.78 is 12.1. The van der Waals surface area contributed by atoms with Gasteiger partial charge in [0, 0.05) is 14.5 Å². The molecular weight excluding hydrogens is 536 g/mol. The molecule has 0 bridgehead atoms. The third-order valence-corrected chi connectivity index (χ3v) is 9.93. The second-order valence-electron chi connectivity index (χ2n) is 12.2. The third kappa shape index (κ3) is 6.57. The molecule has 4 atom stereocenters. The summed E-state index contributed by atoms with van der Waals surface area (Å²) in [5, 5.41) is 16.6. The minimum Gasteiger partial charge on any atom is -0.530 e. The highest BCUT2D eigenvalue weighted by Crippen LogP contribution is 2.51. The Morgan fingerprint density at radius 1 is 1.10 bits per heavy atom. The van der Waals surface area contributed by atoms with Crippen molar-refractivity contribution in [1.29, 1.82) is 0 Å². The molecule has 9 heteroatoms. The number of rotatable bonds is 10. The second kappa shape index (κ2) is 13.0. The standard InChI is InChI=1S/C32H42N2O6Si/c1-5-18-32(26(23-16-19-33-20-17-23)29(35)39-21-22-41(2,3)4)30(36)40-28(25-14-10-7-11-15-25)27(34(32)31(37)38)24-12-8-6-9-13-24/h5-15,23,26-28,33H,1,16-22H2,2-4H3,(H,37,38)/p-1. The van der Waals surface area contributed by atoms with Gasteiger partial charge in [0.25, 0.3) is 0 Å². The van der Waals surface area contributed by atoms with Crippen LogP contribution in [0.25, 0.3) is 0 Å². The van der Waals surface area contributed by atoms with Crippen molar-refractivity contribution in [2.45, 2.75) is 62.6 Å². The van der Waals surface area contributed by atoms with Gasteiger partial charge in [-0.3, -0.25) is 4.79 Å². The van der Waals surface area contributed by atoms with Crippen LogP contribution in [-0.2, 0) is 19.1 Å². The summed E-state index contributed by atoms with van der Waals surface area (Å²) in [5.41, 5.74) is -0.642. The Kier molecular flexibility index (Phi) is 9.71. The van der Waals surface area contributed by atoms with Crippen molar-refractivity contribution < 1.29 is 29.0 Å². The normalized spacial score (nSPS) is 24.3. The SMILES string of the molecule is C=CCC1(C(C(=O)OCC[Si](C)(C)C)C2CCNCC2)C(=O)OC(c2ccccc2)C(c2ccccc2)N1C(=O)[O-]. The largest absolute Gasteiger partial charge is 0.530 e. The van der Waals surface area contributed by atoms with Gasteiger partial charge < -0.3 is 29.6 Å². The fourth-order valence-electron chi connectivity index (χ4n) is 6.22. The summed E-state index contributed by atoms with van der Waals surface area (Å²) in [6.07, 6.45) is 0.0388. The van der Waals surface area contributed by atoms with Gasteiger partial charge in [0.15, 0.2) is 11.6 Å².